The van der Waals surface area contributed by atoms with Crippen LogP contribution in [0.5, 0.6) is 0 Å². The zero-order valence-corrected chi connectivity index (χ0v) is 7.95. The van der Waals surface area contributed by atoms with Crippen LogP contribution >= 0.6 is 8.25 Å². The summed E-state index contributed by atoms with van der Waals surface area (Å²) in [6, 6.07) is 0. The molecule has 13 heavy (non-hydrogen) atoms. The van der Waals surface area contributed by atoms with Crippen LogP contribution in [0.1, 0.15) is 6.92 Å². The predicted octanol–water partition coefficient (Wildman–Crippen LogP) is 0.704. The number of hydrogen-bond acceptors (Lipinski definition) is 5. The molecule has 0 radical (unpaired) electrons. The third-order valence-corrected chi connectivity index (χ3v) is 1.10. The van der Waals surface area contributed by atoms with Crippen LogP contribution in [0.3, 0.4) is 0 Å². The topological polar surface area (TPSA) is 82.1 Å². The van der Waals surface area contributed by atoms with Gasteiger partial charge in [-0.3, -0.25) is 0 Å². The van der Waals surface area contributed by atoms with Gasteiger partial charge in [0.1, 0.15) is 13.2 Å². The molecule has 0 rings (SSSR count). The lowest BCUT2D eigenvalue weighted by atomic mass is 10.4. The maximum atomic E-state index is 10.7. The smallest absolute Gasteiger partial charge is 0.460 e. The van der Waals surface area contributed by atoms with Crippen molar-refractivity contribution in [1.82, 2.24) is 0 Å². The Morgan fingerprint density at radius 2 is 2.15 bits per heavy atom. The summed E-state index contributed by atoms with van der Waals surface area (Å²) in [7, 11) is -2.78. The number of carbonyl (C=O) groups is 1. The van der Waals surface area contributed by atoms with Crippen molar-refractivity contribution in [3.63, 3.8) is 0 Å². The van der Waals surface area contributed by atoms with Crippen LogP contribution in [0.25, 0.3) is 0 Å². The highest BCUT2D eigenvalue weighted by molar-refractivity contribution is 7.31. The van der Waals surface area contributed by atoms with Crippen LogP contribution in [-0.2, 0) is 23.7 Å². The van der Waals surface area contributed by atoms with E-state index in [0.717, 1.165) is 0 Å². The molecule has 0 heterocycles. The first-order valence-electron chi connectivity index (χ1n) is 3.32. The number of carbonyl (C=O) groups excluding carboxylic acids is 1. The van der Waals surface area contributed by atoms with E-state index in [4.69, 9.17) is 4.89 Å². The van der Waals surface area contributed by atoms with Crippen LogP contribution in [0.2, 0.25) is 0 Å². The predicted molar refractivity (Wildman–Crippen MR) is 42.6 cm³/mol. The number of esters is 1. The first kappa shape index (κ1) is 12.2. The van der Waals surface area contributed by atoms with E-state index in [1.165, 1.54) is 6.92 Å². The molecule has 1 N–H and O–H groups in total. The first-order valence-corrected chi connectivity index (χ1v) is 4.45. The van der Waals surface area contributed by atoms with Gasteiger partial charge >= 0.3 is 14.2 Å². The molecule has 0 amide bonds. The fourth-order valence-corrected chi connectivity index (χ4v) is 0.539. The molecule has 0 saturated carbocycles. The molecule has 7 heteroatoms. The summed E-state index contributed by atoms with van der Waals surface area (Å²) in [5.74, 6) is -0.544. The van der Waals surface area contributed by atoms with Gasteiger partial charge in [0, 0.05) is 10.1 Å². The van der Waals surface area contributed by atoms with Gasteiger partial charge in [-0.1, -0.05) is 6.58 Å². The molecular weight excluding hydrogens is 199 g/mol. The zero-order chi connectivity index (χ0) is 10.3. The average Bonchev–Trinajstić information content (AvgIpc) is 2.02. The van der Waals surface area contributed by atoms with Crippen LogP contribution in [0.4, 0.5) is 0 Å². The van der Waals surface area contributed by atoms with Crippen molar-refractivity contribution in [3.05, 3.63) is 12.2 Å². The fraction of sp³-hybridized carbons (Fsp3) is 0.500. The van der Waals surface area contributed by atoms with Crippen LogP contribution in [0, 0.1) is 0 Å². The van der Waals surface area contributed by atoms with Gasteiger partial charge in [0.15, 0.2) is 0 Å². The van der Waals surface area contributed by atoms with E-state index < -0.39 is 14.2 Å². The SMILES string of the molecule is C=C(C)C(=O)OCCOO[P+](=O)O. The lowest BCUT2D eigenvalue weighted by Gasteiger charge is -2.00. The zero-order valence-electron chi connectivity index (χ0n) is 7.06. The summed E-state index contributed by atoms with van der Waals surface area (Å²) in [5.41, 5.74) is 0.272. The Labute approximate surface area is 76.0 Å². The molecule has 1 unspecified atom stereocenters. The molecule has 0 spiro atoms. The fourth-order valence-electron chi connectivity index (χ4n) is 0.374. The summed E-state index contributed by atoms with van der Waals surface area (Å²) in [5, 5.41) is 0. The Morgan fingerprint density at radius 3 is 2.62 bits per heavy atom. The van der Waals surface area contributed by atoms with E-state index in [-0.39, 0.29) is 18.8 Å². The molecule has 6 nitrogen and oxygen atoms in total. The second-order valence-corrected chi connectivity index (χ2v) is 2.68. The molecular formula is C6H10O6P+. The normalized spacial score (nSPS) is 10.8. The second-order valence-electron chi connectivity index (χ2n) is 2.05. The lowest BCUT2D eigenvalue weighted by molar-refractivity contribution is -0.215. The summed E-state index contributed by atoms with van der Waals surface area (Å²) in [6.45, 7) is 4.68. The molecule has 0 fully saturated rings. The maximum Gasteiger partial charge on any atom is 0.725 e. The number of rotatable bonds is 6. The van der Waals surface area contributed by atoms with E-state index >= 15 is 0 Å². The maximum absolute atomic E-state index is 10.7. The van der Waals surface area contributed by atoms with Crippen molar-refractivity contribution in [2.24, 2.45) is 0 Å². The van der Waals surface area contributed by atoms with Gasteiger partial charge in [0.25, 0.3) is 0 Å². The lowest BCUT2D eigenvalue weighted by Crippen LogP contribution is -2.10. The third-order valence-electron chi connectivity index (χ3n) is 0.865. The Kier molecular flexibility index (Phi) is 6.26. The van der Waals surface area contributed by atoms with Gasteiger partial charge in [0.05, 0.1) is 4.67 Å². The molecule has 0 aromatic heterocycles. The van der Waals surface area contributed by atoms with E-state index in [9.17, 15) is 9.36 Å². The number of hydrogen-bond donors (Lipinski definition) is 1. The highest BCUT2D eigenvalue weighted by Gasteiger charge is 2.13. The van der Waals surface area contributed by atoms with E-state index in [1.54, 1.807) is 0 Å². The van der Waals surface area contributed by atoms with Crippen molar-refractivity contribution in [3.8, 4) is 0 Å². The molecule has 0 aliphatic carbocycles. The summed E-state index contributed by atoms with van der Waals surface area (Å²) in [4.78, 5) is 23.0. The molecule has 0 aromatic rings. The van der Waals surface area contributed by atoms with Crippen LogP contribution in [0.15, 0.2) is 12.2 Å². The van der Waals surface area contributed by atoms with Crippen molar-refractivity contribution in [2.75, 3.05) is 13.2 Å². The van der Waals surface area contributed by atoms with Gasteiger partial charge in [0.2, 0.25) is 0 Å². The Morgan fingerprint density at radius 1 is 1.54 bits per heavy atom. The Balaban J connectivity index is 3.31. The molecule has 0 aromatic carbocycles. The molecule has 0 aliphatic rings. The Bertz CT molecular complexity index is 213. The van der Waals surface area contributed by atoms with Crippen molar-refractivity contribution < 1.29 is 28.6 Å². The third kappa shape index (κ3) is 7.55. The van der Waals surface area contributed by atoms with Gasteiger partial charge in [-0.05, 0) is 6.92 Å². The van der Waals surface area contributed by atoms with E-state index in [1.807, 2.05) is 0 Å². The average molecular weight is 209 g/mol. The minimum atomic E-state index is -2.78. The van der Waals surface area contributed by atoms with Crippen molar-refractivity contribution in [2.45, 2.75) is 6.92 Å². The van der Waals surface area contributed by atoms with Crippen molar-refractivity contribution >= 4 is 14.2 Å². The molecule has 0 aliphatic heterocycles. The monoisotopic (exact) mass is 209 g/mol. The van der Waals surface area contributed by atoms with Gasteiger partial charge in [-0.25, -0.2) is 4.79 Å². The van der Waals surface area contributed by atoms with Crippen LogP contribution < -0.4 is 0 Å². The summed E-state index contributed by atoms with van der Waals surface area (Å²) >= 11 is 0. The summed E-state index contributed by atoms with van der Waals surface area (Å²) in [6.07, 6.45) is 0. The molecule has 1 atom stereocenters. The standard InChI is InChI=1S/C6H9O6P/c1-5(2)6(7)10-3-4-11-12-13(8)9/h1,3-4H2,2H3/p+1. The summed E-state index contributed by atoms with van der Waals surface area (Å²) < 4.78 is 18.3. The van der Waals surface area contributed by atoms with Gasteiger partial charge in [-0.2, -0.15) is 4.89 Å². The molecule has 0 saturated heterocycles. The largest absolute Gasteiger partial charge is 0.725 e. The van der Waals surface area contributed by atoms with Crippen molar-refractivity contribution in [1.29, 1.82) is 0 Å². The van der Waals surface area contributed by atoms with Crippen LogP contribution in [-0.4, -0.2) is 24.1 Å². The highest BCUT2D eigenvalue weighted by atomic mass is 31.1. The molecule has 0 bridgehead atoms. The first-order chi connectivity index (χ1) is 6.04. The highest BCUT2D eigenvalue weighted by Crippen LogP contribution is 2.13. The van der Waals surface area contributed by atoms with Gasteiger partial charge < -0.3 is 4.74 Å². The second kappa shape index (κ2) is 6.68. The van der Waals surface area contributed by atoms with Gasteiger partial charge in [-0.15, -0.1) is 4.89 Å². The Hall–Kier alpha value is -0.810. The quantitative estimate of drug-likeness (QED) is 0.173. The minimum Gasteiger partial charge on any atom is -0.460 e. The number of ether oxygens (including phenoxy) is 1. The minimum absolute atomic E-state index is 0.0606. The van der Waals surface area contributed by atoms with E-state index in [0.29, 0.717) is 0 Å². The van der Waals surface area contributed by atoms with E-state index in [2.05, 4.69) is 20.9 Å². The molecule has 74 valence electrons.